The summed E-state index contributed by atoms with van der Waals surface area (Å²) in [5.41, 5.74) is 1.76. The molecule has 1 aromatic heterocycles. The van der Waals surface area contributed by atoms with Gasteiger partial charge in [0.05, 0.1) is 6.54 Å². The number of amides is 2. The molecule has 0 aliphatic carbocycles. The number of aryl methyl sites for hydroxylation is 1. The number of urea groups is 1. The molecule has 1 aromatic carbocycles. The Balaban J connectivity index is 2.03. The van der Waals surface area contributed by atoms with E-state index in [9.17, 15) is 15.0 Å². The summed E-state index contributed by atoms with van der Waals surface area (Å²) in [5, 5.41) is 24.0. The first-order chi connectivity index (χ1) is 11.4. The van der Waals surface area contributed by atoms with Crippen molar-refractivity contribution in [3.05, 3.63) is 45.6 Å². The molecule has 1 heterocycles. The maximum Gasteiger partial charge on any atom is 0.318 e. The van der Waals surface area contributed by atoms with Crippen molar-refractivity contribution < 1.29 is 15.0 Å². The summed E-state index contributed by atoms with van der Waals surface area (Å²) in [6.45, 7) is 7.65. The highest BCUT2D eigenvalue weighted by molar-refractivity contribution is 7.10. The number of nitrogens with one attached hydrogen (secondary N) is 1. The molecule has 24 heavy (non-hydrogen) atoms. The van der Waals surface area contributed by atoms with Crippen molar-refractivity contribution in [2.45, 2.75) is 33.9 Å². The molecule has 2 aromatic rings. The normalized spacial score (nSPS) is 10.8. The zero-order valence-electron chi connectivity index (χ0n) is 14.2. The van der Waals surface area contributed by atoms with Gasteiger partial charge in [-0.2, -0.15) is 0 Å². The predicted molar refractivity (Wildman–Crippen MR) is 96.3 cm³/mol. The zero-order chi connectivity index (χ0) is 17.7. The summed E-state index contributed by atoms with van der Waals surface area (Å²) in [7, 11) is 0. The van der Waals surface area contributed by atoms with Crippen LogP contribution >= 0.6 is 11.3 Å². The van der Waals surface area contributed by atoms with E-state index in [0.29, 0.717) is 24.6 Å². The summed E-state index contributed by atoms with van der Waals surface area (Å²) >= 11 is 1.65. The van der Waals surface area contributed by atoms with Crippen LogP contribution in [0.1, 0.15) is 29.9 Å². The van der Waals surface area contributed by atoms with E-state index in [2.05, 4.69) is 25.2 Å². The fourth-order valence-corrected chi connectivity index (χ4v) is 3.30. The number of thiophene rings is 1. The highest BCUT2D eigenvalue weighted by Gasteiger charge is 2.17. The number of benzene rings is 1. The second-order valence-corrected chi connectivity index (χ2v) is 7.27. The van der Waals surface area contributed by atoms with Gasteiger partial charge in [0.2, 0.25) is 0 Å². The lowest BCUT2D eigenvalue weighted by Gasteiger charge is -2.25. The van der Waals surface area contributed by atoms with Gasteiger partial charge in [-0.15, -0.1) is 11.3 Å². The molecule has 130 valence electrons. The van der Waals surface area contributed by atoms with Crippen LogP contribution in [0.3, 0.4) is 0 Å². The summed E-state index contributed by atoms with van der Waals surface area (Å²) < 4.78 is 0. The number of carbonyl (C=O) groups excluding carboxylic acids is 1. The van der Waals surface area contributed by atoms with Crippen molar-refractivity contribution in [1.82, 2.24) is 10.2 Å². The highest BCUT2D eigenvalue weighted by Crippen LogP contribution is 2.22. The van der Waals surface area contributed by atoms with Crippen LogP contribution in [-0.2, 0) is 13.1 Å². The molecule has 2 amide bonds. The Bertz CT molecular complexity index is 697. The van der Waals surface area contributed by atoms with Crippen molar-refractivity contribution in [3.8, 4) is 11.5 Å². The molecule has 5 nitrogen and oxygen atoms in total. The van der Waals surface area contributed by atoms with Crippen LogP contribution in [-0.4, -0.2) is 27.7 Å². The van der Waals surface area contributed by atoms with Crippen LogP contribution in [0.5, 0.6) is 11.5 Å². The molecule has 2 rings (SSSR count). The third-order valence-corrected chi connectivity index (χ3v) is 4.68. The first-order valence-corrected chi connectivity index (χ1v) is 8.81. The van der Waals surface area contributed by atoms with E-state index in [1.165, 1.54) is 22.6 Å². The van der Waals surface area contributed by atoms with Gasteiger partial charge in [-0.1, -0.05) is 13.8 Å². The van der Waals surface area contributed by atoms with Crippen molar-refractivity contribution in [1.29, 1.82) is 0 Å². The van der Waals surface area contributed by atoms with Gasteiger partial charge in [-0.25, -0.2) is 4.79 Å². The van der Waals surface area contributed by atoms with Crippen LogP contribution in [0.25, 0.3) is 0 Å². The fraction of sp³-hybridized carbons (Fsp3) is 0.389. The fourth-order valence-electron chi connectivity index (χ4n) is 2.38. The maximum atomic E-state index is 12.6. The number of carbonyl (C=O) groups is 1. The van der Waals surface area contributed by atoms with E-state index in [1.54, 1.807) is 22.3 Å². The predicted octanol–water partition coefficient (Wildman–Crippen LogP) is 3.84. The van der Waals surface area contributed by atoms with Crippen LogP contribution in [0, 0.1) is 12.8 Å². The number of phenols is 2. The minimum absolute atomic E-state index is 0.00261. The maximum absolute atomic E-state index is 12.6. The molecule has 3 N–H and O–H groups in total. The second-order valence-electron chi connectivity index (χ2n) is 6.27. The summed E-state index contributed by atoms with van der Waals surface area (Å²) in [6, 6.07) is 6.25. The van der Waals surface area contributed by atoms with Crippen molar-refractivity contribution in [2.24, 2.45) is 5.92 Å². The lowest BCUT2D eigenvalue weighted by atomic mass is 10.2. The van der Waals surface area contributed by atoms with E-state index in [1.807, 2.05) is 12.3 Å². The number of hydrogen-bond acceptors (Lipinski definition) is 4. The molecule has 0 bridgehead atoms. The van der Waals surface area contributed by atoms with Gasteiger partial charge in [-0.05, 0) is 42.0 Å². The van der Waals surface area contributed by atoms with Crippen molar-refractivity contribution >= 4 is 17.4 Å². The van der Waals surface area contributed by atoms with E-state index < -0.39 is 0 Å². The number of rotatable bonds is 6. The molecule has 0 atom stereocenters. The van der Waals surface area contributed by atoms with E-state index in [0.717, 1.165) is 0 Å². The van der Waals surface area contributed by atoms with Gasteiger partial charge >= 0.3 is 6.03 Å². The van der Waals surface area contributed by atoms with Gasteiger partial charge < -0.3 is 20.4 Å². The summed E-state index contributed by atoms with van der Waals surface area (Å²) in [6.07, 6.45) is 0. The number of phenolic OH excluding ortho intramolecular Hbond substituents is 2. The third-order valence-electron chi connectivity index (χ3n) is 3.67. The van der Waals surface area contributed by atoms with Crippen LogP contribution in [0.15, 0.2) is 29.6 Å². The first kappa shape index (κ1) is 18.1. The molecule has 6 heteroatoms. The van der Waals surface area contributed by atoms with Gasteiger partial charge in [0.25, 0.3) is 0 Å². The lowest BCUT2D eigenvalue weighted by Crippen LogP contribution is -2.41. The van der Waals surface area contributed by atoms with Crippen LogP contribution in [0.2, 0.25) is 0 Å². The zero-order valence-corrected chi connectivity index (χ0v) is 15.1. The van der Waals surface area contributed by atoms with Crippen molar-refractivity contribution in [2.75, 3.05) is 6.54 Å². The molecular weight excluding hydrogens is 324 g/mol. The molecule has 0 spiro atoms. The summed E-state index contributed by atoms with van der Waals surface area (Å²) in [5.74, 6) is 0.329. The largest absolute Gasteiger partial charge is 0.508 e. The monoisotopic (exact) mass is 348 g/mol. The molecule has 0 aliphatic rings. The lowest BCUT2D eigenvalue weighted by molar-refractivity contribution is 0.188. The first-order valence-electron chi connectivity index (χ1n) is 7.93. The van der Waals surface area contributed by atoms with E-state index >= 15 is 0 Å². The smallest absolute Gasteiger partial charge is 0.318 e. The minimum Gasteiger partial charge on any atom is -0.508 e. The van der Waals surface area contributed by atoms with Gasteiger partial charge in [0, 0.05) is 29.6 Å². The van der Waals surface area contributed by atoms with E-state index in [-0.39, 0.29) is 24.1 Å². The standard InChI is InChI=1S/C18H24N2O3S/c1-12(2)10-20(11-17-13(3)6-7-24-17)18(23)19-9-14-4-5-15(21)8-16(14)22/h4-8,12,21-22H,9-11H2,1-3H3,(H,19,23). The Morgan fingerprint density at radius 2 is 2.04 bits per heavy atom. The van der Waals surface area contributed by atoms with Gasteiger partial charge in [-0.3, -0.25) is 0 Å². The number of aromatic hydroxyl groups is 2. The van der Waals surface area contributed by atoms with Gasteiger partial charge in [0.15, 0.2) is 0 Å². The summed E-state index contributed by atoms with van der Waals surface area (Å²) in [4.78, 5) is 15.5. The average molecular weight is 348 g/mol. The third kappa shape index (κ3) is 4.89. The molecule has 0 aliphatic heterocycles. The SMILES string of the molecule is Cc1ccsc1CN(CC(C)C)C(=O)NCc1ccc(O)cc1O. The number of hydrogen-bond donors (Lipinski definition) is 3. The Labute approximate surface area is 146 Å². The molecule has 0 unspecified atom stereocenters. The van der Waals surface area contributed by atoms with Crippen LogP contribution < -0.4 is 5.32 Å². The quantitative estimate of drug-likeness (QED) is 0.743. The Morgan fingerprint density at radius 1 is 1.29 bits per heavy atom. The molecule has 0 radical (unpaired) electrons. The molecular formula is C18H24N2O3S. The Hall–Kier alpha value is -2.21. The molecule has 0 fully saturated rings. The average Bonchev–Trinajstić information content (AvgIpc) is 2.90. The number of nitrogens with zero attached hydrogens (tertiary/aromatic N) is 1. The highest BCUT2D eigenvalue weighted by atomic mass is 32.1. The van der Waals surface area contributed by atoms with Crippen LogP contribution in [0.4, 0.5) is 4.79 Å². The minimum atomic E-state index is -0.163. The second kappa shape index (κ2) is 8.06. The van der Waals surface area contributed by atoms with Crippen molar-refractivity contribution in [3.63, 3.8) is 0 Å². The van der Waals surface area contributed by atoms with E-state index in [4.69, 9.17) is 0 Å². The Kier molecular flexibility index (Phi) is 6.09. The topological polar surface area (TPSA) is 72.8 Å². The Morgan fingerprint density at radius 3 is 2.62 bits per heavy atom. The molecule has 0 saturated carbocycles. The van der Waals surface area contributed by atoms with Gasteiger partial charge in [0.1, 0.15) is 11.5 Å². The molecule has 0 saturated heterocycles.